The van der Waals surface area contributed by atoms with Gasteiger partial charge in [-0.25, -0.2) is 4.68 Å². The van der Waals surface area contributed by atoms with Gasteiger partial charge in [0.05, 0.1) is 23.6 Å². The fourth-order valence-corrected chi connectivity index (χ4v) is 2.40. The number of alkyl halides is 3. The molecule has 2 N–H and O–H groups in total. The molecule has 1 aromatic carbocycles. The van der Waals surface area contributed by atoms with Crippen molar-refractivity contribution in [2.45, 2.75) is 32.6 Å². The average Bonchev–Trinajstić information content (AvgIpc) is 2.79. The number of rotatable bonds is 5. The molecule has 0 amide bonds. The molecule has 0 radical (unpaired) electrons. The maximum atomic E-state index is 12.8. The second-order valence-electron chi connectivity index (χ2n) is 5.28. The number of nitrogens with zero attached hydrogens (tertiary/aromatic N) is 2. The van der Waals surface area contributed by atoms with E-state index in [9.17, 15) is 13.2 Å². The van der Waals surface area contributed by atoms with Crippen LogP contribution in [0.4, 0.5) is 13.2 Å². The Hall–Kier alpha value is -1.57. The Kier molecular flexibility index (Phi) is 5.33. The molecule has 8 heteroatoms. The largest absolute Gasteiger partial charge is 0.416 e. The third kappa shape index (κ3) is 4.04. The van der Waals surface area contributed by atoms with Gasteiger partial charge in [-0.15, -0.1) is 0 Å². The van der Waals surface area contributed by atoms with Gasteiger partial charge in [-0.1, -0.05) is 17.7 Å². The van der Waals surface area contributed by atoms with Crippen molar-refractivity contribution >= 4 is 11.6 Å². The van der Waals surface area contributed by atoms with Crippen LogP contribution in [-0.4, -0.2) is 27.5 Å². The molecular weight excluding hydrogens is 331 g/mol. The number of aryl methyl sites for hydroxylation is 1. The standard InChI is InChI=1S/C15H17ClF3N3O/c1-9(8-23)20-7-13-10(2)21-22(14(13)16)12-5-3-4-11(6-12)15(17,18)19/h3-6,9,20,23H,7-8H2,1-2H3. The van der Waals surface area contributed by atoms with Gasteiger partial charge < -0.3 is 10.4 Å². The van der Waals surface area contributed by atoms with Crippen molar-refractivity contribution in [1.82, 2.24) is 15.1 Å². The summed E-state index contributed by atoms with van der Waals surface area (Å²) in [7, 11) is 0. The monoisotopic (exact) mass is 347 g/mol. The van der Waals surface area contributed by atoms with Crippen molar-refractivity contribution < 1.29 is 18.3 Å². The Labute approximate surface area is 136 Å². The number of hydrogen-bond donors (Lipinski definition) is 2. The number of nitrogens with one attached hydrogen (secondary N) is 1. The second-order valence-corrected chi connectivity index (χ2v) is 5.64. The van der Waals surface area contributed by atoms with Crippen molar-refractivity contribution in [1.29, 1.82) is 0 Å². The first-order valence-electron chi connectivity index (χ1n) is 7.00. The summed E-state index contributed by atoms with van der Waals surface area (Å²) in [4.78, 5) is 0. The maximum absolute atomic E-state index is 12.8. The Morgan fingerprint density at radius 2 is 2.09 bits per heavy atom. The van der Waals surface area contributed by atoms with Crippen LogP contribution in [0, 0.1) is 6.92 Å². The molecule has 0 aliphatic carbocycles. The van der Waals surface area contributed by atoms with Crippen LogP contribution in [0.5, 0.6) is 0 Å². The van der Waals surface area contributed by atoms with Crippen LogP contribution in [0.25, 0.3) is 5.69 Å². The minimum Gasteiger partial charge on any atom is -0.395 e. The highest BCUT2D eigenvalue weighted by molar-refractivity contribution is 6.30. The highest BCUT2D eigenvalue weighted by Gasteiger charge is 2.30. The molecule has 2 rings (SSSR count). The van der Waals surface area contributed by atoms with E-state index in [1.54, 1.807) is 13.8 Å². The predicted octanol–water partition coefficient (Wildman–Crippen LogP) is 3.32. The van der Waals surface area contributed by atoms with E-state index in [2.05, 4.69) is 10.4 Å². The maximum Gasteiger partial charge on any atom is 0.416 e. The third-order valence-electron chi connectivity index (χ3n) is 3.44. The van der Waals surface area contributed by atoms with Crippen molar-refractivity contribution in [3.8, 4) is 5.69 Å². The zero-order valence-electron chi connectivity index (χ0n) is 12.7. The number of aliphatic hydroxyl groups excluding tert-OH is 1. The highest BCUT2D eigenvalue weighted by atomic mass is 35.5. The highest BCUT2D eigenvalue weighted by Crippen LogP contribution is 2.31. The predicted molar refractivity (Wildman–Crippen MR) is 81.7 cm³/mol. The molecule has 1 aromatic heterocycles. The average molecular weight is 348 g/mol. The summed E-state index contributed by atoms with van der Waals surface area (Å²) in [5.74, 6) is 0. The summed E-state index contributed by atoms with van der Waals surface area (Å²) < 4.78 is 39.7. The summed E-state index contributed by atoms with van der Waals surface area (Å²) in [5.41, 5.74) is 0.789. The molecule has 0 saturated carbocycles. The van der Waals surface area contributed by atoms with Gasteiger partial charge >= 0.3 is 6.18 Å². The first kappa shape index (κ1) is 17.8. The summed E-state index contributed by atoms with van der Waals surface area (Å²) in [6.45, 7) is 3.88. The topological polar surface area (TPSA) is 50.1 Å². The lowest BCUT2D eigenvalue weighted by atomic mass is 10.2. The van der Waals surface area contributed by atoms with E-state index < -0.39 is 11.7 Å². The number of hydrogen-bond acceptors (Lipinski definition) is 3. The molecule has 1 atom stereocenters. The second kappa shape index (κ2) is 6.90. The van der Waals surface area contributed by atoms with Crippen LogP contribution < -0.4 is 5.32 Å². The van der Waals surface area contributed by atoms with Crippen LogP contribution in [0.3, 0.4) is 0 Å². The van der Waals surface area contributed by atoms with Gasteiger partial charge in [-0.2, -0.15) is 18.3 Å². The van der Waals surface area contributed by atoms with Crippen molar-refractivity contribution in [3.05, 3.63) is 46.2 Å². The molecule has 0 spiro atoms. The van der Waals surface area contributed by atoms with Gasteiger partial charge in [0.25, 0.3) is 0 Å². The molecule has 2 aromatic rings. The lowest BCUT2D eigenvalue weighted by Gasteiger charge is -2.11. The normalized spacial score (nSPS) is 13.3. The third-order valence-corrected chi connectivity index (χ3v) is 3.83. The van der Waals surface area contributed by atoms with Crippen LogP contribution >= 0.6 is 11.6 Å². The van der Waals surface area contributed by atoms with Gasteiger partial charge in [0.1, 0.15) is 5.15 Å². The number of halogens is 4. The van der Waals surface area contributed by atoms with Gasteiger partial charge in [0.15, 0.2) is 0 Å². The van der Waals surface area contributed by atoms with Crippen molar-refractivity contribution in [3.63, 3.8) is 0 Å². The smallest absolute Gasteiger partial charge is 0.395 e. The minimum absolute atomic E-state index is 0.0293. The molecule has 126 valence electrons. The molecule has 1 heterocycles. The Morgan fingerprint density at radius 1 is 1.39 bits per heavy atom. The fraction of sp³-hybridized carbons (Fsp3) is 0.400. The first-order chi connectivity index (χ1) is 10.7. The van der Waals surface area contributed by atoms with E-state index in [0.29, 0.717) is 17.8 Å². The summed E-state index contributed by atoms with van der Waals surface area (Å²) in [5, 5.41) is 16.6. The van der Waals surface area contributed by atoms with Crippen LogP contribution in [0.2, 0.25) is 5.15 Å². The van der Waals surface area contributed by atoms with E-state index in [4.69, 9.17) is 16.7 Å². The molecule has 1 unspecified atom stereocenters. The molecule has 0 aliphatic heterocycles. The minimum atomic E-state index is -4.42. The zero-order chi connectivity index (χ0) is 17.2. The quantitative estimate of drug-likeness (QED) is 0.872. The van der Waals surface area contributed by atoms with Crippen LogP contribution in [0.1, 0.15) is 23.7 Å². The Morgan fingerprint density at radius 3 is 2.70 bits per heavy atom. The summed E-state index contributed by atoms with van der Waals surface area (Å²) in [6.07, 6.45) is -4.42. The van der Waals surface area contributed by atoms with E-state index in [1.807, 2.05) is 0 Å². The molecule has 4 nitrogen and oxygen atoms in total. The van der Waals surface area contributed by atoms with Crippen molar-refractivity contribution in [2.24, 2.45) is 0 Å². The fourth-order valence-electron chi connectivity index (χ4n) is 2.06. The number of benzene rings is 1. The molecule has 0 aliphatic rings. The van der Waals surface area contributed by atoms with Gasteiger partial charge in [-0.05, 0) is 32.0 Å². The van der Waals surface area contributed by atoms with E-state index in [1.165, 1.54) is 16.8 Å². The lowest BCUT2D eigenvalue weighted by molar-refractivity contribution is -0.137. The van der Waals surface area contributed by atoms with Gasteiger partial charge in [0.2, 0.25) is 0 Å². The molecule has 0 bridgehead atoms. The summed E-state index contributed by atoms with van der Waals surface area (Å²) >= 11 is 6.27. The Bertz CT molecular complexity index is 685. The SMILES string of the molecule is Cc1nn(-c2cccc(C(F)(F)F)c2)c(Cl)c1CNC(C)CO. The van der Waals surface area contributed by atoms with Crippen LogP contribution in [0.15, 0.2) is 24.3 Å². The van der Waals surface area contributed by atoms with E-state index in [0.717, 1.165) is 12.1 Å². The van der Waals surface area contributed by atoms with Gasteiger partial charge in [0, 0.05) is 18.2 Å². The van der Waals surface area contributed by atoms with Crippen LogP contribution in [-0.2, 0) is 12.7 Å². The molecular formula is C15H17ClF3N3O. The molecule has 0 saturated heterocycles. The summed E-state index contributed by atoms with van der Waals surface area (Å²) in [6, 6.07) is 4.71. The lowest BCUT2D eigenvalue weighted by Crippen LogP contribution is -2.28. The van der Waals surface area contributed by atoms with Gasteiger partial charge in [-0.3, -0.25) is 0 Å². The molecule has 23 heavy (non-hydrogen) atoms. The van der Waals surface area contributed by atoms with E-state index >= 15 is 0 Å². The number of aromatic nitrogens is 2. The zero-order valence-corrected chi connectivity index (χ0v) is 13.4. The van der Waals surface area contributed by atoms with E-state index in [-0.39, 0.29) is 23.5 Å². The first-order valence-corrected chi connectivity index (χ1v) is 7.37. The Balaban J connectivity index is 2.35. The molecule has 0 fully saturated rings. The number of aliphatic hydroxyl groups is 1. The van der Waals surface area contributed by atoms with Crippen molar-refractivity contribution in [2.75, 3.05) is 6.61 Å².